The Labute approximate surface area is 169 Å². The number of fused-ring (bicyclic) bond motifs is 1. The lowest BCUT2D eigenvalue weighted by molar-refractivity contribution is -0.0188. The summed E-state index contributed by atoms with van der Waals surface area (Å²) in [6.45, 7) is 5.16. The van der Waals surface area contributed by atoms with Crippen molar-refractivity contribution >= 4 is 39.6 Å². The fraction of sp³-hybridized carbons (Fsp3) is 0.550. The number of likely N-dealkylation sites (tertiary alicyclic amines) is 1. The lowest BCUT2D eigenvalue weighted by atomic mass is 9.83. The van der Waals surface area contributed by atoms with Gasteiger partial charge in [0.2, 0.25) is 0 Å². The summed E-state index contributed by atoms with van der Waals surface area (Å²) in [5, 5.41) is 4.29. The van der Waals surface area contributed by atoms with Gasteiger partial charge in [0.25, 0.3) is 0 Å². The van der Waals surface area contributed by atoms with Gasteiger partial charge in [0.1, 0.15) is 5.60 Å². The van der Waals surface area contributed by atoms with Gasteiger partial charge in [-0.1, -0.05) is 47.7 Å². The predicted octanol–water partition coefficient (Wildman–Crippen LogP) is 4.11. The molecule has 1 spiro atoms. The monoisotopic (exact) mass is 469 g/mol. The molecular weight excluding hydrogens is 441 g/mol. The first-order valence-corrected chi connectivity index (χ1v) is 11.5. The Morgan fingerprint density at radius 3 is 2.73 bits per heavy atom. The maximum Gasteiger partial charge on any atom is 0.408 e. The number of benzene rings is 1. The van der Waals surface area contributed by atoms with E-state index in [1.807, 2.05) is 4.93 Å². The average molecular weight is 469 g/mol. The van der Waals surface area contributed by atoms with Gasteiger partial charge in [-0.2, -0.15) is 0 Å². The molecule has 26 heavy (non-hydrogen) atoms. The Bertz CT molecular complexity index is 737. The number of carbonyl (C=O) groups excluding carboxylic acids is 1. The Morgan fingerprint density at radius 1 is 1.27 bits per heavy atom. The topological polar surface area (TPSA) is 57.4 Å². The molecule has 1 amide bonds. The molecular formula is C20H28IN3O2. The maximum atomic E-state index is 11.6. The molecule has 1 unspecified atom stereocenters. The minimum absolute atomic E-state index is 0.167. The van der Waals surface area contributed by atoms with E-state index in [0.29, 0.717) is 0 Å². The van der Waals surface area contributed by atoms with Crippen molar-refractivity contribution in [1.29, 1.82) is 0 Å². The van der Waals surface area contributed by atoms with Crippen molar-refractivity contribution in [2.75, 3.05) is 24.6 Å². The number of nitrogens with one attached hydrogen (secondary N) is 2. The molecule has 142 valence electrons. The van der Waals surface area contributed by atoms with Crippen molar-refractivity contribution in [3.63, 3.8) is 0 Å². The maximum absolute atomic E-state index is 11.6. The minimum Gasteiger partial charge on any atom is -0.441 e. The summed E-state index contributed by atoms with van der Waals surface area (Å²) < 4.78 is 5.67. The number of para-hydroxylation sites is 1. The smallest absolute Gasteiger partial charge is 0.408 e. The summed E-state index contributed by atoms with van der Waals surface area (Å²) in [5.41, 5.74) is 2.31. The second kappa shape index (κ2) is 8.61. The van der Waals surface area contributed by atoms with Crippen molar-refractivity contribution in [3.8, 4) is 0 Å². The van der Waals surface area contributed by atoms with Gasteiger partial charge in [-0.25, -0.2) is 4.79 Å². The molecule has 1 aromatic heterocycles. The normalized spacial score (nSPS) is 22.0. The number of ether oxygens (including phenoxy) is 1. The van der Waals surface area contributed by atoms with Gasteiger partial charge in [-0.15, -0.1) is 0 Å². The third-order valence-corrected chi connectivity index (χ3v) is 5.71. The quantitative estimate of drug-likeness (QED) is 0.524. The zero-order valence-corrected chi connectivity index (χ0v) is 17.7. The molecule has 2 aliphatic rings. The van der Waals surface area contributed by atoms with Crippen molar-refractivity contribution < 1.29 is 9.53 Å². The van der Waals surface area contributed by atoms with Crippen LogP contribution in [0.25, 0.3) is 10.9 Å². The molecule has 1 aromatic carbocycles. The summed E-state index contributed by atoms with van der Waals surface area (Å²) in [5.74, 6) is 0. The number of aromatic nitrogens is 1. The van der Waals surface area contributed by atoms with E-state index in [4.69, 9.17) is 4.74 Å². The van der Waals surface area contributed by atoms with Gasteiger partial charge in [-0.3, -0.25) is 0 Å². The third-order valence-electron chi connectivity index (χ3n) is 5.71. The van der Waals surface area contributed by atoms with Gasteiger partial charge < -0.3 is 19.9 Å². The van der Waals surface area contributed by atoms with Crippen molar-refractivity contribution in [1.82, 2.24) is 15.2 Å². The predicted molar refractivity (Wildman–Crippen MR) is 114 cm³/mol. The summed E-state index contributed by atoms with van der Waals surface area (Å²) in [6.07, 6.45) is 5.73. The summed E-state index contributed by atoms with van der Waals surface area (Å²) in [6, 6.07) is 8.63. The Hall–Kier alpha value is -1.28. The number of H-pyrrole nitrogens is 1. The van der Waals surface area contributed by atoms with E-state index in [0.717, 1.165) is 45.3 Å². The number of alkyl halides is 1. The van der Waals surface area contributed by atoms with Crippen LogP contribution in [0, 0.1) is 0 Å². The summed E-state index contributed by atoms with van der Waals surface area (Å²) in [7, 11) is 0. The highest BCUT2D eigenvalue weighted by Crippen LogP contribution is 2.35. The molecule has 0 radical (unpaired) electrons. The Balaban J connectivity index is 0.000000948. The van der Waals surface area contributed by atoms with Crippen LogP contribution in [0.1, 0.15) is 31.7 Å². The van der Waals surface area contributed by atoms with Crippen molar-refractivity contribution in [2.24, 2.45) is 0 Å². The summed E-state index contributed by atoms with van der Waals surface area (Å²) >= 11 is 2.15. The van der Waals surface area contributed by atoms with E-state index < -0.39 is 0 Å². The van der Waals surface area contributed by atoms with Gasteiger partial charge in [0, 0.05) is 49.6 Å². The number of aromatic amines is 1. The highest BCUT2D eigenvalue weighted by molar-refractivity contribution is 14.1. The van der Waals surface area contributed by atoms with Crippen LogP contribution in [-0.4, -0.2) is 52.2 Å². The van der Waals surface area contributed by atoms with Gasteiger partial charge in [-0.05, 0) is 29.4 Å². The Morgan fingerprint density at radius 2 is 2.00 bits per heavy atom. The zero-order chi connectivity index (χ0) is 18.6. The average Bonchev–Trinajstić information content (AvgIpc) is 3.24. The molecule has 2 saturated heterocycles. The largest absolute Gasteiger partial charge is 0.441 e. The van der Waals surface area contributed by atoms with Crippen LogP contribution in [0.15, 0.2) is 30.5 Å². The Kier molecular flexibility index (Phi) is 6.45. The zero-order valence-electron chi connectivity index (χ0n) is 15.6. The number of hydrogen-bond acceptors (Lipinski definition) is 3. The van der Waals surface area contributed by atoms with Gasteiger partial charge in [0.15, 0.2) is 0 Å². The number of nitrogens with zero attached hydrogens (tertiary/aromatic N) is 1. The van der Waals surface area contributed by atoms with Crippen molar-refractivity contribution in [2.45, 2.75) is 44.2 Å². The highest BCUT2D eigenvalue weighted by atomic mass is 127. The molecule has 6 heteroatoms. The number of halogens is 1. The second-order valence-corrected chi connectivity index (χ2v) is 7.01. The highest BCUT2D eigenvalue weighted by Gasteiger charge is 2.49. The SMILES string of the molecule is CCC1NC(=O)OC12CCN(CCc1c[nH]c3ccccc13)CC2.CI. The van der Waals surface area contributed by atoms with Crippen LogP contribution >= 0.6 is 22.6 Å². The molecule has 3 heterocycles. The molecule has 0 aliphatic carbocycles. The number of amides is 1. The van der Waals surface area contributed by atoms with Crippen molar-refractivity contribution in [3.05, 3.63) is 36.0 Å². The minimum atomic E-state index is -0.275. The number of alkyl carbamates (subject to hydrolysis) is 1. The molecule has 5 nitrogen and oxygen atoms in total. The van der Waals surface area contributed by atoms with E-state index >= 15 is 0 Å². The van der Waals surface area contributed by atoms with Crippen LogP contribution in [0.3, 0.4) is 0 Å². The van der Waals surface area contributed by atoms with Crippen LogP contribution in [-0.2, 0) is 11.2 Å². The molecule has 0 bridgehead atoms. The van der Waals surface area contributed by atoms with Gasteiger partial charge >= 0.3 is 6.09 Å². The van der Waals surface area contributed by atoms with E-state index in [9.17, 15) is 4.79 Å². The number of piperidine rings is 1. The summed E-state index contributed by atoms with van der Waals surface area (Å²) in [4.78, 5) is 19.4. The molecule has 2 aliphatic heterocycles. The fourth-order valence-corrected chi connectivity index (χ4v) is 4.26. The van der Waals surface area contributed by atoms with E-state index in [1.165, 1.54) is 16.5 Å². The molecule has 2 fully saturated rings. The second-order valence-electron chi connectivity index (χ2n) is 7.01. The first kappa shape index (κ1) is 19.5. The molecule has 1 atom stereocenters. The number of carbonyl (C=O) groups is 1. The fourth-order valence-electron chi connectivity index (χ4n) is 4.26. The molecule has 4 rings (SSSR count). The first-order chi connectivity index (χ1) is 12.7. The molecule has 0 saturated carbocycles. The van der Waals surface area contributed by atoms with Crippen LogP contribution in [0.4, 0.5) is 4.79 Å². The van der Waals surface area contributed by atoms with Crippen LogP contribution in [0.5, 0.6) is 0 Å². The van der Waals surface area contributed by atoms with E-state index in [2.05, 4.69) is 75.2 Å². The van der Waals surface area contributed by atoms with Gasteiger partial charge in [0.05, 0.1) is 6.04 Å². The van der Waals surface area contributed by atoms with Crippen LogP contribution < -0.4 is 5.32 Å². The lowest BCUT2D eigenvalue weighted by Gasteiger charge is -2.40. The number of rotatable bonds is 4. The molecule has 2 N–H and O–H groups in total. The first-order valence-electron chi connectivity index (χ1n) is 9.35. The van der Waals surface area contributed by atoms with E-state index in [-0.39, 0.29) is 17.7 Å². The molecule has 2 aromatic rings. The lowest BCUT2D eigenvalue weighted by Crippen LogP contribution is -2.51. The standard InChI is InChI=1S/C19H25N3O2.CH3I/c1-2-17-19(24-18(23)21-17)8-11-22(12-9-19)10-7-14-13-20-16-6-4-3-5-15(14)16;1-2/h3-6,13,17,20H,2,7-12H2,1H3,(H,21,23);1H3. The van der Waals surface area contributed by atoms with Crippen LogP contribution in [0.2, 0.25) is 0 Å². The third kappa shape index (κ3) is 3.86. The number of hydrogen-bond donors (Lipinski definition) is 2. The van der Waals surface area contributed by atoms with E-state index in [1.54, 1.807) is 0 Å².